The minimum absolute atomic E-state index is 0.288. The van der Waals surface area contributed by atoms with Gasteiger partial charge in [0.15, 0.2) is 6.61 Å². The van der Waals surface area contributed by atoms with Crippen LogP contribution in [0.15, 0.2) is 33.6 Å². The van der Waals surface area contributed by atoms with Crippen LogP contribution in [0, 0.1) is 5.92 Å². The van der Waals surface area contributed by atoms with Crippen LogP contribution in [0.4, 0.5) is 0 Å². The lowest BCUT2D eigenvalue weighted by Crippen LogP contribution is -2.19. The SMILES string of the molecule is CC(C)CNCc1cccc(Br)c1OCc1ncon1. The number of ether oxygens (including phenoxy) is 1. The van der Waals surface area contributed by atoms with Crippen molar-refractivity contribution in [2.24, 2.45) is 5.92 Å². The molecule has 0 radical (unpaired) electrons. The molecule has 1 aromatic heterocycles. The Bertz CT molecular complexity index is 529. The number of nitrogens with zero attached hydrogens (tertiary/aromatic N) is 2. The number of para-hydroxylation sites is 1. The molecule has 0 amide bonds. The maximum atomic E-state index is 5.80. The summed E-state index contributed by atoms with van der Waals surface area (Å²) in [4.78, 5) is 3.94. The van der Waals surface area contributed by atoms with E-state index in [2.05, 4.69) is 49.8 Å². The van der Waals surface area contributed by atoms with Crippen LogP contribution in [0.3, 0.4) is 0 Å². The van der Waals surface area contributed by atoms with E-state index in [1.165, 1.54) is 6.39 Å². The smallest absolute Gasteiger partial charge is 0.213 e. The number of halogens is 1. The van der Waals surface area contributed by atoms with Crippen LogP contribution in [0.25, 0.3) is 0 Å². The second-order valence-electron chi connectivity index (χ2n) is 4.89. The molecule has 20 heavy (non-hydrogen) atoms. The number of aromatic nitrogens is 2. The normalized spacial score (nSPS) is 11.0. The molecule has 0 aliphatic rings. The third-order valence-corrected chi connectivity index (χ3v) is 3.29. The molecule has 2 aromatic rings. The Labute approximate surface area is 126 Å². The summed E-state index contributed by atoms with van der Waals surface area (Å²) in [7, 11) is 0. The zero-order valence-electron chi connectivity index (χ0n) is 11.6. The van der Waals surface area contributed by atoms with E-state index in [4.69, 9.17) is 4.74 Å². The van der Waals surface area contributed by atoms with E-state index in [9.17, 15) is 0 Å². The summed E-state index contributed by atoms with van der Waals surface area (Å²) in [5, 5.41) is 7.15. The molecule has 0 saturated heterocycles. The van der Waals surface area contributed by atoms with Gasteiger partial charge in [0.05, 0.1) is 4.47 Å². The molecule has 6 heteroatoms. The van der Waals surface area contributed by atoms with E-state index >= 15 is 0 Å². The van der Waals surface area contributed by atoms with E-state index < -0.39 is 0 Å². The monoisotopic (exact) mass is 339 g/mol. The summed E-state index contributed by atoms with van der Waals surface area (Å²) in [6, 6.07) is 6.00. The number of hydrogen-bond acceptors (Lipinski definition) is 5. The molecule has 0 atom stereocenters. The Hall–Kier alpha value is -1.40. The number of nitrogens with one attached hydrogen (secondary N) is 1. The second kappa shape index (κ2) is 7.40. The van der Waals surface area contributed by atoms with Crippen LogP contribution < -0.4 is 10.1 Å². The highest BCUT2D eigenvalue weighted by Gasteiger charge is 2.10. The summed E-state index contributed by atoms with van der Waals surface area (Å²) in [6.45, 7) is 6.38. The molecular weight excluding hydrogens is 322 g/mol. The van der Waals surface area contributed by atoms with E-state index in [1.54, 1.807) is 0 Å². The summed E-state index contributed by atoms with van der Waals surface area (Å²) in [6.07, 6.45) is 1.30. The van der Waals surface area contributed by atoms with Gasteiger partial charge in [-0.15, -0.1) is 0 Å². The van der Waals surface area contributed by atoms with Crippen LogP contribution in [0.5, 0.6) is 5.75 Å². The lowest BCUT2D eigenvalue weighted by Gasteiger charge is -2.13. The van der Waals surface area contributed by atoms with Crippen LogP contribution in [0.2, 0.25) is 0 Å². The van der Waals surface area contributed by atoms with Gasteiger partial charge in [0.25, 0.3) is 0 Å². The first-order valence-electron chi connectivity index (χ1n) is 6.53. The number of rotatable bonds is 7. The fourth-order valence-corrected chi connectivity index (χ4v) is 2.26. The molecule has 0 aliphatic carbocycles. The molecular formula is C14H18BrN3O2. The predicted molar refractivity (Wildman–Crippen MR) is 79.3 cm³/mol. The minimum atomic E-state index is 0.288. The van der Waals surface area contributed by atoms with Crippen molar-refractivity contribution < 1.29 is 9.26 Å². The van der Waals surface area contributed by atoms with Crippen molar-refractivity contribution in [2.75, 3.05) is 6.54 Å². The molecule has 0 saturated carbocycles. The van der Waals surface area contributed by atoms with Crippen molar-refractivity contribution in [1.29, 1.82) is 0 Å². The Morgan fingerprint density at radius 1 is 1.40 bits per heavy atom. The topological polar surface area (TPSA) is 60.2 Å². The van der Waals surface area contributed by atoms with Crippen LogP contribution in [-0.4, -0.2) is 16.7 Å². The fraction of sp³-hybridized carbons (Fsp3) is 0.429. The molecule has 0 fully saturated rings. The first-order valence-corrected chi connectivity index (χ1v) is 7.32. The Morgan fingerprint density at radius 3 is 2.95 bits per heavy atom. The van der Waals surface area contributed by atoms with Gasteiger partial charge in [-0.05, 0) is 34.5 Å². The van der Waals surface area contributed by atoms with Crippen molar-refractivity contribution in [3.8, 4) is 5.75 Å². The molecule has 1 heterocycles. The Morgan fingerprint density at radius 2 is 2.25 bits per heavy atom. The molecule has 5 nitrogen and oxygen atoms in total. The van der Waals surface area contributed by atoms with Crippen molar-refractivity contribution in [1.82, 2.24) is 15.5 Å². The van der Waals surface area contributed by atoms with E-state index in [0.29, 0.717) is 11.7 Å². The third kappa shape index (κ3) is 4.31. The van der Waals surface area contributed by atoms with E-state index in [0.717, 1.165) is 28.9 Å². The lowest BCUT2D eigenvalue weighted by molar-refractivity contribution is 0.281. The minimum Gasteiger partial charge on any atom is -0.484 e. The first-order chi connectivity index (χ1) is 9.66. The highest BCUT2D eigenvalue weighted by Crippen LogP contribution is 2.29. The Balaban J connectivity index is 2.01. The summed E-state index contributed by atoms with van der Waals surface area (Å²) in [5.41, 5.74) is 1.10. The molecule has 0 aliphatic heterocycles. The molecule has 1 N–H and O–H groups in total. The van der Waals surface area contributed by atoms with Crippen molar-refractivity contribution >= 4 is 15.9 Å². The highest BCUT2D eigenvalue weighted by atomic mass is 79.9. The van der Waals surface area contributed by atoms with Gasteiger partial charge in [-0.2, -0.15) is 4.98 Å². The van der Waals surface area contributed by atoms with Gasteiger partial charge in [0, 0.05) is 12.1 Å². The maximum absolute atomic E-state index is 5.80. The van der Waals surface area contributed by atoms with Gasteiger partial charge in [-0.1, -0.05) is 31.1 Å². The average molecular weight is 340 g/mol. The van der Waals surface area contributed by atoms with Gasteiger partial charge in [-0.3, -0.25) is 0 Å². The van der Waals surface area contributed by atoms with Crippen molar-refractivity contribution in [2.45, 2.75) is 27.0 Å². The zero-order valence-corrected chi connectivity index (χ0v) is 13.2. The predicted octanol–water partition coefficient (Wildman–Crippen LogP) is 3.16. The average Bonchev–Trinajstić information content (AvgIpc) is 2.90. The Kier molecular flexibility index (Phi) is 5.55. The standard InChI is InChI=1S/C14H18BrN3O2/c1-10(2)6-16-7-11-4-3-5-12(15)14(11)19-8-13-17-9-20-18-13/h3-5,9-10,16H,6-8H2,1-2H3. The quantitative estimate of drug-likeness (QED) is 0.839. The van der Waals surface area contributed by atoms with Crippen LogP contribution in [-0.2, 0) is 13.2 Å². The van der Waals surface area contributed by atoms with Gasteiger partial charge < -0.3 is 14.6 Å². The summed E-state index contributed by atoms with van der Waals surface area (Å²) < 4.78 is 11.4. The largest absolute Gasteiger partial charge is 0.484 e. The van der Waals surface area contributed by atoms with Crippen molar-refractivity contribution in [3.05, 3.63) is 40.5 Å². The first kappa shape index (κ1) is 15.0. The van der Waals surface area contributed by atoms with Gasteiger partial charge in [0.2, 0.25) is 12.2 Å². The molecule has 0 spiro atoms. The number of benzene rings is 1. The van der Waals surface area contributed by atoms with Crippen LogP contribution >= 0.6 is 15.9 Å². The van der Waals surface area contributed by atoms with Crippen molar-refractivity contribution in [3.63, 3.8) is 0 Å². The van der Waals surface area contributed by atoms with Crippen LogP contribution in [0.1, 0.15) is 25.2 Å². The van der Waals surface area contributed by atoms with Gasteiger partial charge in [-0.25, -0.2) is 0 Å². The molecule has 1 aromatic carbocycles. The lowest BCUT2D eigenvalue weighted by atomic mass is 10.2. The third-order valence-electron chi connectivity index (χ3n) is 2.67. The summed E-state index contributed by atoms with van der Waals surface area (Å²) in [5.74, 6) is 1.96. The molecule has 2 rings (SSSR count). The molecule has 0 unspecified atom stereocenters. The van der Waals surface area contributed by atoms with E-state index in [-0.39, 0.29) is 6.61 Å². The maximum Gasteiger partial charge on any atom is 0.213 e. The van der Waals surface area contributed by atoms with Gasteiger partial charge in [0.1, 0.15) is 5.75 Å². The van der Waals surface area contributed by atoms with E-state index in [1.807, 2.05) is 18.2 Å². The van der Waals surface area contributed by atoms with Gasteiger partial charge >= 0.3 is 0 Å². The fourth-order valence-electron chi connectivity index (χ4n) is 1.74. The number of hydrogen-bond donors (Lipinski definition) is 1. The second-order valence-corrected chi connectivity index (χ2v) is 5.74. The molecule has 108 valence electrons. The highest BCUT2D eigenvalue weighted by molar-refractivity contribution is 9.10. The molecule has 0 bridgehead atoms. The zero-order chi connectivity index (χ0) is 14.4. The summed E-state index contributed by atoms with van der Waals surface area (Å²) >= 11 is 3.52.